The largest absolute Gasteiger partial charge is 4.00 e. The van der Waals surface area contributed by atoms with Gasteiger partial charge >= 0.3 is 25.8 Å². The van der Waals surface area contributed by atoms with E-state index >= 15 is 0 Å². The van der Waals surface area contributed by atoms with Gasteiger partial charge in [-0.15, -0.1) is 0 Å². The summed E-state index contributed by atoms with van der Waals surface area (Å²) in [4.78, 5) is 8.25. The minimum absolute atomic E-state index is 0. The number of hydrogen-bond donors (Lipinski definition) is 0. The zero-order valence-electron chi connectivity index (χ0n) is 2.17. The molecule has 0 aromatic heterocycles. The molecule has 0 aliphatic carbocycles. The van der Waals surface area contributed by atoms with Gasteiger partial charge in [0.05, 0.1) is 5.09 Å². The molecule has 0 saturated heterocycles. The SMILES string of the molecule is O=[N+]([O-])[O-].[Hf+4]. The average molecular weight is 240 g/mol. The summed E-state index contributed by atoms with van der Waals surface area (Å²) in [6.45, 7) is 0. The van der Waals surface area contributed by atoms with Gasteiger partial charge in [-0.25, -0.2) is 0 Å². The third kappa shape index (κ3) is 3550. The number of rotatable bonds is 0. The van der Waals surface area contributed by atoms with Crippen molar-refractivity contribution in [3.63, 3.8) is 0 Å². The standard InChI is InChI=1S/Hf.NO3/c;2-1(3)4/q+4;-1. The van der Waals surface area contributed by atoms with Crippen LogP contribution in [-0.4, -0.2) is 5.09 Å². The van der Waals surface area contributed by atoms with E-state index in [9.17, 15) is 0 Å². The quantitative estimate of drug-likeness (QED) is 0.333. The van der Waals surface area contributed by atoms with Crippen molar-refractivity contribution in [1.29, 1.82) is 0 Å². The fraction of sp³-hybridized carbons (Fsp3) is 0. The fourth-order valence-corrected chi connectivity index (χ4v) is 0. The van der Waals surface area contributed by atoms with E-state index < -0.39 is 5.09 Å². The van der Waals surface area contributed by atoms with Crippen LogP contribution in [0.1, 0.15) is 0 Å². The van der Waals surface area contributed by atoms with Gasteiger partial charge in [-0.3, -0.25) is 0 Å². The van der Waals surface area contributed by atoms with Crippen molar-refractivity contribution in [2.24, 2.45) is 0 Å². The van der Waals surface area contributed by atoms with Crippen LogP contribution < -0.4 is 0 Å². The monoisotopic (exact) mass is 242 g/mol. The van der Waals surface area contributed by atoms with Crippen molar-refractivity contribution < 1.29 is 30.9 Å². The Morgan fingerprint density at radius 3 is 1.40 bits per heavy atom. The topological polar surface area (TPSA) is 66.2 Å². The summed E-state index contributed by atoms with van der Waals surface area (Å²) < 4.78 is 0. The van der Waals surface area contributed by atoms with E-state index in [2.05, 4.69) is 0 Å². The summed E-state index contributed by atoms with van der Waals surface area (Å²) in [7, 11) is 0. The van der Waals surface area contributed by atoms with E-state index in [0.717, 1.165) is 0 Å². The number of nitrogens with zero attached hydrogens (tertiary/aromatic N) is 1. The second-order valence-corrected chi connectivity index (χ2v) is 0.224. The third-order valence-electron chi connectivity index (χ3n) is 0. The first kappa shape index (κ1) is 8.91. The Bertz CT molecular complexity index is 29.9. The van der Waals surface area contributed by atoms with Crippen LogP contribution in [0.4, 0.5) is 0 Å². The van der Waals surface area contributed by atoms with E-state index in [1.807, 2.05) is 0 Å². The minimum Gasteiger partial charge on any atom is -0.356 e. The Kier molecular flexibility index (Phi) is 7.25. The van der Waals surface area contributed by atoms with Gasteiger partial charge in [-0.2, -0.15) is 0 Å². The first-order valence-corrected chi connectivity index (χ1v) is 0.548. The predicted octanol–water partition coefficient (Wildman–Crippen LogP) is -0.242. The Balaban J connectivity index is 0. The molecule has 0 bridgehead atoms. The van der Waals surface area contributed by atoms with Gasteiger partial charge in [0.2, 0.25) is 0 Å². The molecule has 0 fully saturated rings. The Labute approximate surface area is 46.7 Å². The van der Waals surface area contributed by atoms with Crippen molar-refractivity contribution in [3.8, 4) is 0 Å². The maximum absolute atomic E-state index is 8.25. The molecule has 0 aromatic rings. The molecular formula is HfNO3+3. The maximum Gasteiger partial charge on any atom is 4.00 e. The molecule has 0 unspecified atom stereocenters. The van der Waals surface area contributed by atoms with Crippen molar-refractivity contribution in [1.82, 2.24) is 0 Å². The Morgan fingerprint density at radius 1 is 1.40 bits per heavy atom. The average Bonchev–Trinajstić information content (AvgIpc) is 0.811. The van der Waals surface area contributed by atoms with Crippen LogP contribution >= 0.6 is 0 Å². The molecular weight excluding hydrogens is 240 g/mol. The smallest absolute Gasteiger partial charge is 0.356 e. The molecule has 5 heteroatoms. The van der Waals surface area contributed by atoms with Gasteiger partial charge < -0.3 is 15.3 Å². The first-order valence-electron chi connectivity index (χ1n) is 0.548. The molecule has 0 saturated carbocycles. The van der Waals surface area contributed by atoms with Crippen molar-refractivity contribution in [2.75, 3.05) is 0 Å². The Morgan fingerprint density at radius 2 is 1.40 bits per heavy atom. The van der Waals surface area contributed by atoms with Crippen LogP contribution in [0.15, 0.2) is 0 Å². The molecule has 0 aliphatic rings. The zero-order chi connectivity index (χ0) is 3.58. The van der Waals surface area contributed by atoms with Gasteiger partial charge in [0.1, 0.15) is 0 Å². The van der Waals surface area contributed by atoms with Crippen molar-refractivity contribution >= 4 is 0 Å². The summed E-state index contributed by atoms with van der Waals surface area (Å²) in [5, 5.41) is 14.8. The van der Waals surface area contributed by atoms with Crippen LogP contribution in [0.2, 0.25) is 0 Å². The van der Waals surface area contributed by atoms with E-state index in [1.54, 1.807) is 0 Å². The molecule has 0 atom stereocenters. The molecule has 0 spiro atoms. The van der Waals surface area contributed by atoms with Gasteiger partial charge in [-0.1, -0.05) is 0 Å². The van der Waals surface area contributed by atoms with Gasteiger partial charge in [0.15, 0.2) is 0 Å². The summed E-state index contributed by atoms with van der Waals surface area (Å²) in [5.74, 6) is 0. The van der Waals surface area contributed by atoms with Gasteiger partial charge in [-0.05, 0) is 0 Å². The van der Waals surface area contributed by atoms with Crippen molar-refractivity contribution in [3.05, 3.63) is 15.3 Å². The van der Waals surface area contributed by atoms with Crippen LogP contribution in [0.3, 0.4) is 0 Å². The van der Waals surface area contributed by atoms with Crippen LogP contribution in [0.5, 0.6) is 0 Å². The summed E-state index contributed by atoms with van der Waals surface area (Å²) in [5.41, 5.74) is 0. The molecule has 0 radical (unpaired) electrons. The molecule has 0 rings (SSSR count). The molecule has 5 heavy (non-hydrogen) atoms. The first-order chi connectivity index (χ1) is 1.73. The summed E-state index contributed by atoms with van der Waals surface area (Å²) >= 11 is 0. The van der Waals surface area contributed by atoms with Crippen molar-refractivity contribution in [2.45, 2.75) is 0 Å². The van der Waals surface area contributed by atoms with E-state index in [4.69, 9.17) is 15.3 Å². The third-order valence-corrected chi connectivity index (χ3v) is 0. The molecule has 0 N–H and O–H groups in total. The molecule has 0 amide bonds. The predicted molar refractivity (Wildman–Crippen MR) is 10.4 cm³/mol. The maximum atomic E-state index is 8.25. The Hall–Kier alpha value is 0.0701. The minimum atomic E-state index is -1.75. The summed E-state index contributed by atoms with van der Waals surface area (Å²) in [6, 6.07) is 0. The van der Waals surface area contributed by atoms with Crippen LogP contribution in [-0.2, 0) is 25.8 Å². The summed E-state index contributed by atoms with van der Waals surface area (Å²) in [6.07, 6.45) is 0. The van der Waals surface area contributed by atoms with E-state index in [-0.39, 0.29) is 25.8 Å². The molecule has 4 nitrogen and oxygen atoms in total. The molecule has 0 aliphatic heterocycles. The van der Waals surface area contributed by atoms with Gasteiger partial charge in [0, 0.05) is 0 Å². The fourth-order valence-electron chi connectivity index (χ4n) is 0. The van der Waals surface area contributed by atoms with Gasteiger partial charge in [0.25, 0.3) is 0 Å². The van der Waals surface area contributed by atoms with Crippen LogP contribution in [0, 0.1) is 15.3 Å². The molecule has 24 valence electrons. The van der Waals surface area contributed by atoms with E-state index in [0.29, 0.717) is 0 Å². The molecule has 0 aromatic carbocycles. The zero-order valence-corrected chi connectivity index (χ0v) is 5.76. The van der Waals surface area contributed by atoms with E-state index in [1.165, 1.54) is 0 Å². The normalized spacial score (nSPS) is 4.80. The molecule has 0 heterocycles. The second kappa shape index (κ2) is 4.07. The second-order valence-electron chi connectivity index (χ2n) is 0.224. The van der Waals surface area contributed by atoms with Crippen LogP contribution in [0.25, 0.3) is 0 Å². The number of hydrogen-bond acceptors (Lipinski definition) is 3.